The number of amides is 3. The molecule has 0 bridgehead atoms. The van der Waals surface area contributed by atoms with Gasteiger partial charge >= 0.3 is 6.09 Å². The van der Waals surface area contributed by atoms with Crippen LogP contribution in [0.15, 0.2) is 41.8 Å². The number of hydrogen-bond donors (Lipinski definition) is 2. The third-order valence-electron chi connectivity index (χ3n) is 5.96. The zero-order valence-electron chi connectivity index (χ0n) is 20.5. The van der Waals surface area contributed by atoms with Crippen molar-refractivity contribution in [1.82, 2.24) is 10.6 Å². The van der Waals surface area contributed by atoms with E-state index in [1.807, 2.05) is 32.2 Å². The number of hydrogen-bond acceptors (Lipinski definition) is 5. The van der Waals surface area contributed by atoms with Gasteiger partial charge in [0.05, 0.1) is 21.7 Å². The molecule has 1 saturated carbocycles. The number of alkyl carbamates (subject to hydrolysis) is 1. The lowest BCUT2D eigenvalue weighted by Crippen LogP contribution is -2.56. The van der Waals surface area contributed by atoms with Crippen LogP contribution in [0.25, 0.3) is 0 Å². The maximum atomic E-state index is 13.3. The number of carbonyl (C=O) groups is 3. The molecule has 2 aromatic rings. The van der Waals surface area contributed by atoms with Crippen LogP contribution in [0.2, 0.25) is 0 Å². The molecule has 184 valence electrons. The van der Waals surface area contributed by atoms with Gasteiger partial charge in [-0.2, -0.15) is 0 Å². The van der Waals surface area contributed by atoms with Crippen molar-refractivity contribution in [1.29, 1.82) is 0 Å². The summed E-state index contributed by atoms with van der Waals surface area (Å²) in [6.45, 7) is 5.79. The third-order valence-corrected chi connectivity index (χ3v) is 6.82. The number of nitrogens with zero attached hydrogens (tertiary/aromatic N) is 1. The summed E-state index contributed by atoms with van der Waals surface area (Å²) in [5, 5.41) is 7.95. The van der Waals surface area contributed by atoms with Crippen LogP contribution >= 0.6 is 11.3 Å². The number of anilines is 1. The van der Waals surface area contributed by atoms with E-state index in [1.54, 1.807) is 37.4 Å². The van der Waals surface area contributed by atoms with Crippen LogP contribution in [0.4, 0.5) is 10.5 Å². The second kappa shape index (κ2) is 11.0. The number of para-hydroxylation sites is 1. The van der Waals surface area contributed by atoms with E-state index >= 15 is 0 Å². The first-order chi connectivity index (χ1) is 16.1. The Kier molecular flexibility index (Phi) is 8.36. The van der Waals surface area contributed by atoms with Gasteiger partial charge in [0.2, 0.25) is 0 Å². The summed E-state index contributed by atoms with van der Waals surface area (Å²) in [6.07, 6.45) is 5.22. The number of carbonyl (C=O) groups excluding carboxylic acids is 3. The first-order valence-corrected chi connectivity index (χ1v) is 12.7. The Hall–Kier alpha value is -2.87. The van der Waals surface area contributed by atoms with E-state index in [4.69, 9.17) is 4.74 Å². The molecule has 1 aromatic carbocycles. The summed E-state index contributed by atoms with van der Waals surface area (Å²) in [5.74, 6) is -0.446. The lowest BCUT2D eigenvalue weighted by Gasteiger charge is -2.35. The minimum atomic E-state index is -0.599. The highest BCUT2D eigenvalue weighted by Crippen LogP contribution is 2.28. The van der Waals surface area contributed by atoms with Gasteiger partial charge < -0.3 is 20.3 Å². The van der Waals surface area contributed by atoms with Gasteiger partial charge in [0.15, 0.2) is 0 Å². The molecule has 2 N–H and O–H groups in total. The lowest BCUT2D eigenvalue weighted by atomic mass is 9.90. The molecule has 1 aromatic heterocycles. The first kappa shape index (κ1) is 25.7. The second-order valence-electron chi connectivity index (χ2n) is 9.86. The summed E-state index contributed by atoms with van der Waals surface area (Å²) in [4.78, 5) is 40.8. The molecule has 3 amide bonds. The van der Waals surface area contributed by atoms with Crippen LogP contribution in [-0.4, -0.2) is 42.6 Å². The van der Waals surface area contributed by atoms with Gasteiger partial charge in [-0.3, -0.25) is 9.59 Å². The molecular formula is C26H35N3O4S. The molecule has 1 fully saturated rings. The highest BCUT2D eigenvalue weighted by atomic mass is 32.1. The smallest absolute Gasteiger partial charge is 0.408 e. The monoisotopic (exact) mass is 485 g/mol. The molecular weight excluding hydrogens is 450 g/mol. The van der Waals surface area contributed by atoms with Crippen molar-refractivity contribution in [2.75, 3.05) is 18.5 Å². The molecule has 1 aliphatic rings. The van der Waals surface area contributed by atoms with E-state index in [1.165, 1.54) is 16.2 Å². The van der Waals surface area contributed by atoms with Crippen molar-refractivity contribution in [3.63, 3.8) is 0 Å². The molecule has 7 nitrogen and oxygen atoms in total. The Labute approximate surface area is 205 Å². The Balaban J connectivity index is 1.76. The van der Waals surface area contributed by atoms with E-state index < -0.39 is 17.2 Å². The third kappa shape index (κ3) is 6.82. The summed E-state index contributed by atoms with van der Waals surface area (Å²) in [5.41, 5.74) is -0.218. The maximum Gasteiger partial charge on any atom is 0.408 e. The lowest BCUT2D eigenvalue weighted by molar-refractivity contribution is 0.0437. The molecule has 8 heteroatoms. The molecule has 0 spiro atoms. The quantitative estimate of drug-likeness (QED) is 0.538. The predicted molar refractivity (Wildman–Crippen MR) is 136 cm³/mol. The maximum absolute atomic E-state index is 13.3. The minimum Gasteiger partial charge on any atom is -0.444 e. The average Bonchev–Trinajstić information content (AvgIpc) is 3.23. The number of rotatable bonds is 6. The normalized spacial score (nSPS) is 15.6. The second-order valence-corrected chi connectivity index (χ2v) is 10.8. The van der Waals surface area contributed by atoms with Crippen LogP contribution in [-0.2, 0) is 4.74 Å². The van der Waals surface area contributed by atoms with E-state index in [0.717, 1.165) is 38.5 Å². The molecule has 0 aliphatic heterocycles. The van der Waals surface area contributed by atoms with E-state index in [0.29, 0.717) is 22.7 Å². The molecule has 0 saturated heterocycles. The van der Waals surface area contributed by atoms with Crippen LogP contribution in [0.5, 0.6) is 0 Å². The van der Waals surface area contributed by atoms with E-state index in [2.05, 4.69) is 10.6 Å². The zero-order chi connectivity index (χ0) is 24.8. The zero-order valence-corrected chi connectivity index (χ0v) is 21.3. The van der Waals surface area contributed by atoms with E-state index in [-0.39, 0.29) is 11.8 Å². The largest absolute Gasteiger partial charge is 0.444 e. The highest BCUT2D eigenvalue weighted by Gasteiger charge is 2.35. The number of ether oxygens (including phenoxy) is 1. The summed E-state index contributed by atoms with van der Waals surface area (Å²) < 4.78 is 5.50. The molecule has 0 unspecified atom stereocenters. The number of nitrogens with one attached hydrogen (secondary N) is 2. The SMILES string of the molecule is CN(C(=O)c1cccs1)c1ccccc1C(=O)NCC1(NC(=O)OC(C)(C)C)CCCCCC1. The summed E-state index contributed by atoms with van der Waals surface area (Å²) in [7, 11) is 1.67. The van der Waals surface area contributed by atoms with Gasteiger partial charge in [-0.25, -0.2) is 4.79 Å². The van der Waals surface area contributed by atoms with Gasteiger partial charge in [-0.05, 0) is 57.2 Å². The van der Waals surface area contributed by atoms with Crippen molar-refractivity contribution in [2.24, 2.45) is 0 Å². The number of thiophene rings is 1. The first-order valence-electron chi connectivity index (χ1n) is 11.8. The van der Waals surface area contributed by atoms with Crippen molar-refractivity contribution < 1.29 is 19.1 Å². The Morgan fingerprint density at radius 3 is 2.32 bits per heavy atom. The fraction of sp³-hybridized carbons (Fsp3) is 0.500. The topological polar surface area (TPSA) is 87.7 Å². The van der Waals surface area contributed by atoms with Gasteiger partial charge in [-0.15, -0.1) is 11.3 Å². The molecule has 1 aliphatic carbocycles. The fourth-order valence-electron chi connectivity index (χ4n) is 4.25. The number of benzene rings is 1. The Bertz CT molecular complexity index is 990. The molecule has 0 atom stereocenters. The average molecular weight is 486 g/mol. The van der Waals surface area contributed by atoms with Crippen molar-refractivity contribution in [3.8, 4) is 0 Å². The van der Waals surface area contributed by atoms with Crippen LogP contribution in [0, 0.1) is 0 Å². The van der Waals surface area contributed by atoms with Crippen LogP contribution in [0.3, 0.4) is 0 Å². The highest BCUT2D eigenvalue weighted by molar-refractivity contribution is 7.12. The van der Waals surface area contributed by atoms with Crippen molar-refractivity contribution in [3.05, 3.63) is 52.2 Å². The molecule has 3 rings (SSSR count). The molecule has 34 heavy (non-hydrogen) atoms. The van der Waals surface area contributed by atoms with Gasteiger partial charge in [0, 0.05) is 13.6 Å². The Morgan fingerprint density at radius 1 is 1.03 bits per heavy atom. The Morgan fingerprint density at radius 2 is 1.71 bits per heavy atom. The van der Waals surface area contributed by atoms with Crippen molar-refractivity contribution in [2.45, 2.75) is 70.4 Å². The molecule has 0 radical (unpaired) electrons. The van der Waals surface area contributed by atoms with Crippen molar-refractivity contribution >= 4 is 34.9 Å². The van der Waals surface area contributed by atoms with E-state index in [9.17, 15) is 14.4 Å². The van der Waals surface area contributed by atoms with Crippen LogP contribution in [0.1, 0.15) is 79.3 Å². The van der Waals surface area contributed by atoms with Gasteiger partial charge in [-0.1, -0.05) is 43.9 Å². The molecule has 1 heterocycles. The minimum absolute atomic E-state index is 0.165. The summed E-state index contributed by atoms with van der Waals surface area (Å²) >= 11 is 1.36. The van der Waals surface area contributed by atoms with Crippen LogP contribution < -0.4 is 15.5 Å². The van der Waals surface area contributed by atoms with Gasteiger partial charge in [0.1, 0.15) is 5.60 Å². The standard InChI is InChI=1S/C26H35N3O4S/c1-25(2,3)33-24(32)28-26(15-9-5-6-10-16-26)18-27-22(30)19-12-7-8-13-20(19)29(4)23(31)21-14-11-17-34-21/h7-8,11-14,17H,5-6,9-10,15-16,18H2,1-4H3,(H,27,30)(H,28,32). The van der Waals surface area contributed by atoms with Gasteiger partial charge in [0.25, 0.3) is 11.8 Å². The summed E-state index contributed by atoms with van der Waals surface area (Å²) in [6, 6.07) is 10.7. The fourth-order valence-corrected chi connectivity index (χ4v) is 4.95. The predicted octanol–water partition coefficient (Wildman–Crippen LogP) is 5.37.